The van der Waals surface area contributed by atoms with Gasteiger partial charge >= 0.3 is 6.18 Å². The fourth-order valence-electron chi connectivity index (χ4n) is 3.23. The van der Waals surface area contributed by atoms with Crippen LogP contribution in [-0.2, 0) is 11.0 Å². The first-order chi connectivity index (χ1) is 16.2. The monoisotopic (exact) mass is 502 g/mol. The van der Waals surface area contributed by atoms with Gasteiger partial charge in [0.1, 0.15) is 0 Å². The topological polar surface area (TPSA) is 59.8 Å². The highest BCUT2D eigenvalue weighted by molar-refractivity contribution is 7.99. The van der Waals surface area contributed by atoms with Gasteiger partial charge in [-0.25, -0.2) is 0 Å². The van der Waals surface area contributed by atoms with Gasteiger partial charge in [-0.05, 0) is 55.5 Å². The molecule has 0 saturated carbocycles. The van der Waals surface area contributed by atoms with Gasteiger partial charge in [0.2, 0.25) is 5.91 Å². The van der Waals surface area contributed by atoms with Crippen molar-refractivity contribution in [3.05, 3.63) is 88.9 Å². The Kier molecular flexibility index (Phi) is 6.95. The highest BCUT2D eigenvalue weighted by Crippen LogP contribution is 2.35. The van der Waals surface area contributed by atoms with Crippen LogP contribution in [0.25, 0.3) is 17.1 Å². The molecule has 0 bridgehead atoms. The molecule has 4 rings (SSSR count). The summed E-state index contributed by atoms with van der Waals surface area (Å²) in [6.45, 7) is 1.97. The number of nitrogens with one attached hydrogen (secondary N) is 1. The number of carbonyl (C=O) groups is 1. The highest BCUT2D eigenvalue weighted by Gasteiger charge is 2.33. The van der Waals surface area contributed by atoms with Crippen LogP contribution < -0.4 is 5.32 Å². The van der Waals surface area contributed by atoms with Crippen molar-refractivity contribution in [2.75, 3.05) is 11.1 Å². The van der Waals surface area contributed by atoms with E-state index >= 15 is 0 Å². The Morgan fingerprint density at radius 1 is 1.00 bits per heavy atom. The van der Waals surface area contributed by atoms with Crippen molar-refractivity contribution in [1.82, 2.24) is 14.8 Å². The van der Waals surface area contributed by atoms with Crippen molar-refractivity contribution >= 4 is 35.0 Å². The second-order valence-corrected chi connectivity index (χ2v) is 8.74. The Labute approximate surface area is 203 Å². The zero-order valence-corrected chi connectivity index (χ0v) is 19.4. The number of hydrogen-bond acceptors (Lipinski definition) is 4. The van der Waals surface area contributed by atoms with Gasteiger partial charge in [-0.2, -0.15) is 13.2 Å². The van der Waals surface area contributed by atoms with Gasteiger partial charge < -0.3 is 5.32 Å². The predicted octanol–water partition coefficient (Wildman–Crippen LogP) is 6.65. The van der Waals surface area contributed by atoms with Crippen molar-refractivity contribution in [2.45, 2.75) is 18.3 Å². The summed E-state index contributed by atoms with van der Waals surface area (Å²) in [5.41, 5.74) is 1.43. The van der Waals surface area contributed by atoms with Crippen LogP contribution >= 0.6 is 23.4 Å². The van der Waals surface area contributed by atoms with Crippen LogP contribution in [0.3, 0.4) is 0 Å². The minimum atomic E-state index is -4.57. The second kappa shape index (κ2) is 9.90. The molecule has 34 heavy (non-hydrogen) atoms. The van der Waals surface area contributed by atoms with E-state index in [2.05, 4.69) is 15.5 Å². The summed E-state index contributed by atoms with van der Waals surface area (Å²) < 4.78 is 41.5. The van der Waals surface area contributed by atoms with E-state index in [0.29, 0.717) is 16.0 Å². The molecule has 0 aliphatic heterocycles. The molecule has 0 fully saturated rings. The predicted molar refractivity (Wildman–Crippen MR) is 127 cm³/mol. The van der Waals surface area contributed by atoms with E-state index in [1.807, 2.05) is 43.3 Å². The summed E-state index contributed by atoms with van der Waals surface area (Å²) in [7, 11) is 0. The molecule has 1 amide bonds. The quantitative estimate of drug-likeness (QED) is 0.300. The number of nitrogens with zero attached hydrogens (tertiary/aromatic N) is 3. The Balaban J connectivity index is 1.60. The molecular weight excluding hydrogens is 485 g/mol. The molecule has 3 aromatic carbocycles. The van der Waals surface area contributed by atoms with E-state index in [4.69, 9.17) is 11.6 Å². The van der Waals surface area contributed by atoms with E-state index < -0.39 is 17.6 Å². The number of aryl methyl sites for hydroxylation is 1. The number of thioether (sulfide) groups is 1. The first kappa shape index (κ1) is 23.8. The average molecular weight is 503 g/mol. The fraction of sp³-hybridized carbons (Fsp3) is 0.125. The molecule has 0 unspecified atom stereocenters. The highest BCUT2D eigenvalue weighted by atomic mass is 35.5. The molecule has 10 heteroatoms. The first-order valence-corrected chi connectivity index (χ1v) is 11.5. The lowest BCUT2D eigenvalue weighted by molar-refractivity contribution is -0.137. The largest absolute Gasteiger partial charge is 0.418 e. The minimum Gasteiger partial charge on any atom is -0.325 e. The van der Waals surface area contributed by atoms with Crippen LogP contribution in [-0.4, -0.2) is 26.4 Å². The molecular formula is C24H18ClF3N4OS. The van der Waals surface area contributed by atoms with Crippen LogP contribution in [0.15, 0.2) is 78.0 Å². The molecule has 0 saturated heterocycles. The summed E-state index contributed by atoms with van der Waals surface area (Å²) in [6.07, 6.45) is -4.57. The maximum absolute atomic E-state index is 13.2. The van der Waals surface area contributed by atoms with Crippen molar-refractivity contribution < 1.29 is 18.0 Å². The third-order valence-corrected chi connectivity index (χ3v) is 6.05. The number of anilines is 1. The van der Waals surface area contributed by atoms with Crippen LogP contribution in [0.2, 0.25) is 5.02 Å². The van der Waals surface area contributed by atoms with Gasteiger partial charge in [-0.15, -0.1) is 10.2 Å². The number of rotatable bonds is 6. The number of amides is 1. The number of alkyl halides is 3. The van der Waals surface area contributed by atoms with Crippen LogP contribution in [0.4, 0.5) is 18.9 Å². The average Bonchev–Trinajstić information content (AvgIpc) is 3.22. The summed E-state index contributed by atoms with van der Waals surface area (Å²) >= 11 is 7.08. The minimum absolute atomic E-state index is 0.156. The molecule has 4 aromatic rings. The third-order valence-electron chi connectivity index (χ3n) is 4.87. The lowest BCUT2D eigenvalue weighted by atomic mass is 10.1. The van der Waals surface area contributed by atoms with E-state index in [-0.39, 0.29) is 11.4 Å². The Bertz CT molecular complexity index is 1310. The molecule has 1 heterocycles. The van der Waals surface area contributed by atoms with Gasteiger partial charge in [0.25, 0.3) is 0 Å². The fourth-order valence-corrected chi connectivity index (χ4v) is 4.11. The molecule has 0 atom stereocenters. The van der Waals surface area contributed by atoms with E-state index in [1.54, 1.807) is 16.7 Å². The lowest BCUT2D eigenvalue weighted by Crippen LogP contribution is -2.18. The molecule has 0 aliphatic rings. The van der Waals surface area contributed by atoms with Gasteiger partial charge in [0.15, 0.2) is 11.0 Å². The van der Waals surface area contributed by atoms with E-state index in [1.165, 1.54) is 18.2 Å². The normalized spacial score (nSPS) is 11.4. The van der Waals surface area contributed by atoms with E-state index in [9.17, 15) is 18.0 Å². The first-order valence-electron chi connectivity index (χ1n) is 10.1. The van der Waals surface area contributed by atoms with Crippen molar-refractivity contribution in [2.24, 2.45) is 0 Å². The second-order valence-electron chi connectivity index (χ2n) is 7.36. The summed E-state index contributed by atoms with van der Waals surface area (Å²) in [5, 5.41) is 11.9. The number of aromatic nitrogens is 3. The Morgan fingerprint density at radius 2 is 1.68 bits per heavy atom. The molecule has 0 spiro atoms. The Hall–Kier alpha value is -3.30. The maximum atomic E-state index is 13.2. The zero-order chi connectivity index (χ0) is 24.3. The number of carbonyl (C=O) groups excluding carboxylic acids is 1. The van der Waals surface area contributed by atoms with Crippen molar-refractivity contribution in [3.63, 3.8) is 0 Å². The zero-order valence-electron chi connectivity index (χ0n) is 17.8. The van der Waals surface area contributed by atoms with Gasteiger partial charge in [-0.1, -0.05) is 53.2 Å². The maximum Gasteiger partial charge on any atom is 0.418 e. The molecule has 174 valence electrons. The molecule has 0 radical (unpaired) electrons. The SMILES string of the molecule is Cc1ccc(-n2c(SCC(=O)Nc3ccccc3C(F)(F)F)nnc2-c2ccc(Cl)cc2)cc1. The van der Waals surface area contributed by atoms with Crippen LogP contribution in [0.5, 0.6) is 0 Å². The number of halogens is 4. The van der Waals surface area contributed by atoms with Gasteiger partial charge in [0, 0.05) is 16.3 Å². The molecule has 0 aliphatic carbocycles. The van der Waals surface area contributed by atoms with Crippen molar-refractivity contribution in [1.29, 1.82) is 0 Å². The Morgan fingerprint density at radius 3 is 2.35 bits per heavy atom. The number of para-hydroxylation sites is 1. The molecule has 5 nitrogen and oxygen atoms in total. The van der Waals surface area contributed by atoms with Crippen LogP contribution in [0.1, 0.15) is 11.1 Å². The smallest absolute Gasteiger partial charge is 0.325 e. The standard InChI is InChI=1S/C24H18ClF3N4OS/c1-15-6-12-18(13-7-15)32-22(16-8-10-17(25)11-9-16)30-31-23(32)34-14-21(33)29-20-5-3-2-4-19(20)24(26,27)28/h2-13H,14H2,1H3,(H,29,33). The summed E-state index contributed by atoms with van der Waals surface area (Å²) in [4.78, 5) is 12.5. The molecule has 1 N–H and O–H groups in total. The third kappa shape index (κ3) is 5.43. The van der Waals surface area contributed by atoms with Crippen molar-refractivity contribution in [3.8, 4) is 17.1 Å². The van der Waals surface area contributed by atoms with Gasteiger partial charge in [0.05, 0.1) is 17.0 Å². The van der Waals surface area contributed by atoms with Gasteiger partial charge in [-0.3, -0.25) is 9.36 Å². The lowest BCUT2D eigenvalue weighted by Gasteiger charge is -2.14. The molecule has 1 aromatic heterocycles. The summed E-state index contributed by atoms with van der Waals surface area (Å²) in [5.74, 6) is -0.199. The summed E-state index contributed by atoms with van der Waals surface area (Å²) in [6, 6.07) is 19.6. The van der Waals surface area contributed by atoms with E-state index in [0.717, 1.165) is 34.6 Å². The number of hydrogen-bond donors (Lipinski definition) is 1. The number of benzene rings is 3. The van der Waals surface area contributed by atoms with Crippen LogP contribution in [0, 0.1) is 6.92 Å².